The fourth-order valence-electron chi connectivity index (χ4n) is 3.73. The van der Waals surface area contributed by atoms with Crippen molar-refractivity contribution in [3.8, 4) is 28.4 Å². The zero-order valence-corrected chi connectivity index (χ0v) is 22.9. The minimum atomic E-state index is -4.09. The quantitative estimate of drug-likeness (QED) is 0.142. The van der Waals surface area contributed by atoms with E-state index in [1.54, 1.807) is 23.0 Å². The van der Waals surface area contributed by atoms with Crippen LogP contribution in [0.1, 0.15) is 5.56 Å². The van der Waals surface area contributed by atoms with Crippen LogP contribution >= 0.6 is 23.2 Å². The predicted octanol–water partition coefficient (Wildman–Crippen LogP) is 7.37. The van der Waals surface area contributed by atoms with Crippen LogP contribution in [0.5, 0.6) is 11.5 Å². The van der Waals surface area contributed by atoms with Gasteiger partial charge in [0.15, 0.2) is 17.3 Å². The number of halogens is 2. The number of methoxy groups -OCH3 is 1. The van der Waals surface area contributed by atoms with Crippen LogP contribution in [0.2, 0.25) is 10.0 Å². The fourth-order valence-corrected chi connectivity index (χ4v) is 4.92. The van der Waals surface area contributed by atoms with E-state index < -0.39 is 10.1 Å². The molecule has 0 atom stereocenters. The molecular weight excluding hydrogens is 557 g/mol. The molecule has 0 N–H and O–H groups in total. The number of hydrogen-bond donors (Lipinski definition) is 0. The van der Waals surface area contributed by atoms with Crippen molar-refractivity contribution in [3.63, 3.8) is 0 Å². The number of benzene rings is 4. The van der Waals surface area contributed by atoms with Crippen molar-refractivity contribution >= 4 is 45.4 Å². The normalized spacial score (nSPS) is 11.6. The molecule has 1 aromatic heterocycles. The predicted molar refractivity (Wildman–Crippen MR) is 154 cm³/mol. The highest BCUT2D eigenvalue weighted by molar-refractivity contribution is 7.87. The van der Waals surface area contributed by atoms with Gasteiger partial charge in [-0.25, -0.2) is 9.67 Å². The maximum atomic E-state index is 12.7. The number of para-hydroxylation sites is 1. The number of hydrogen-bond acceptors (Lipinski definition) is 6. The number of aliphatic imine (C=N–C) groups is 1. The first-order valence-corrected chi connectivity index (χ1v) is 13.8. The van der Waals surface area contributed by atoms with Crippen molar-refractivity contribution in [1.82, 2.24) is 9.78 Å². The average Bonchev–Trinajstić information content (AvgIpc) is 3.37. The van der Waals surface area contributed by atoms with E-state index >= 15 is 0 Å². The lowest BCUT2D eigenvalue weighted by Gasteiger charge is -2.11. The zero-order chi connectivity index (χ0) is 27.4. The lowest BCUT2D eigenvalue weighted by Crippen LogP contribution is -2.10. The van der Waals surface area contributed by atoms with Crippen molar-refractivity contribution in [3.05, 3.63) is 119 Å². The van der Waals surface area contributed by atoms with E-state index in [1.807, 2.05) is 60.7 Å². The molecule has 0 unspecified atom stereocenters. The van der Waals surface area contributed by atoms with Gasteiger partial charge in [0.25, 0.3) is 0 Å². The Morgan fingerprint density at radius 3 is 2.15 bits per heavy atom. The average molecular weight is 578 g/mol. The van der Waals surface area contributed by atoms with Gasteiger partial charge in [-0.3, -0.25) is 0 Å². The molecule has 0 aliphatic carbocycles. The largest absolute Gasteiger partial charge is 0.493 e. The lowest BCUT2D eigenvalue weighted by molar-refractivity contribution is 0.390. The highest BCUT2D eigenvalue weighted by atomic mass is 35.5. The van der Waals surface area contributed by atoms with Gasteiger partial charge >= 0.3 is 10.1 Å². The smallest absolute Gasteiger partial charge is 0.339 e. The van der Waals surface area contributed by atoms with E-state index in [1.165, 1.54) is 37.4 Å². The molecule has 5 aromatic rings. The van der Waals surface area contributed by atoms with Gasteiger partial charge in [-0.15, -0.1) is 0 Å². The van der Waals surface area contributed by atoms with Gasteiger partial charge in [-0.05, 0) is 72.3 Å². The zero-order valence-electron chi connectivity index (χ0n) is 20.5. The molecule has 0 saturated heterocycles. The van der Waals surface area contributed by atoms with Gasteiger partial charge < -0.3 is 8.92 Å². The first kappa shape index (κ1) is 26.5. The molecule has 0 bridgehead atoms. The summed E-state index contributed by atoms with van der Waals surface area (Å²) in [4.78, 5) is 4.65. The van der Waals surface area contributed by atoms with Gasteiger partial charge in [0.1, 0.15) is 4.90 Å². The Labute approximate surface area is 236 Å². The molecule has 5 rings (SSSR count). The second-order valence-electron chi connectivity index (χ2n) is 8.30. The molecule has 10 heteroatoms. The van der Waals surface area contributed by atoms with E-state index in [9.17, 15) is 8.42 Å². The van der Waals surface area contributed by atoms with Crippen molar-refractivity contribution < 1.29 is 17.3 Å². The van der Waals surface area contributed by atoms with Gasteiger partial charge in [0, 0.05) is 27.9 Å². The van der Waals surface area contributed by atoms with Crippen LogP contribution in [0.3, 0.4) is 0 Å². The summed E-state index contributed by atoms with van der Waals surface area (Å²) in [5.74, 6) is 0.870. The van der Waals surface area contributed by atoms with Crippen LogP contribution in [-0.2, 0) is 10.1 Å². The van der Waals surface area contributed by atoms with E-state index in [2.05, 4.69) is 4.99 Å². The van der Waals surface area contributed by atoms with Gasteiger partial charge in [-0.1, -0.05) is 53.5 Å². The maximum Gasteiger partial charge on any atom is 0.339 e. The Bertz CT molecular complexity index is 1740. The van der Waals surface area contributed by atoms with Crippen LogP contribution < -0.4 is 8.92 Å². The number of nitrogens with zero attached hydrogens (tertiary/aromatic N) is 3. The highest BCUT2D eigenvalue weighted by Crippen LogP contribution is 2.32. The molecule has 7 nitrogen and oxygen atoms in total. The van der Waals surface area contributed by atoms with Crippen LogP contribution in [-0.4, -0.2) is 31.5 Å². The monoisotopic (exact) mass is 577 g/mol. The Kier molecular flexibility index (Phi) is 7.70. The molecule has 0 aliphatic rings. The fraction of sp³-hybridized carbons (Fsp3) is 0.0345. The second-order valence-corrected chi connectivity index (χ2v) is 10.7. The Morgan fingerprint density at radius 2 is 1.49 bits per heavy atom. The molecule has 1 heterocycles. The Morgan fingerprint density at radius 1 is 0.821 bits per heavy atom. The summed E-state index contributed by atoms with van der Waals surface area (Å²) >= 11 is 11.9. The van der Waals surface area contributed by atoms with Crippen molar-refractivity contribution in [2.24, 2.45) is 4.99 Å². The molecule has 0 fully saturated rings. The summed E-state index contributed by atoms with van der Waals surface area (Å²) in [5.41, 5.74) is 3.14. The second kappa shape index (κ2) is 11.3. The topological polar surface area (TPSA) is 82.8 Å². The Balaban J connectivity index is 1.45. The minimum absolute atomic E-state index is 0.0229. The highest BCUT2D eigenvalue weighted by Gasteiger charge is 2.19. The third-order valence-corrected chi connectivity index (χ3v) is 7.42. The molecule has 0 aliphatic heterocycles. The minimum Gasteiger partial charge on any atom is -0.493 e. The summed E-state index contributed by atoms with van der Waals surface area (Å²) in [6, 6.07) is 29.5. The van der Waals surface area contributed by atoms with E-state index in [4.69, 9.17) is 37.2 Å². The molecule has 0 spiro atoms. The molecule has 0 radical (unpaired) electrons. The first-order chi connectivity index (χ1) is 18.8. The molecule has 0 amide bonds. The number of aromatic nitrogens is 2. The van der Waals surface area contributed by atoms with Crippen molar-refractivity contribution in [2.75, 3.05) is 7.11 Å². The molecule has 4 aromatic carbocycles. The van der Waals surface area contributed by atoms with Gasteiger partial charge in [0.2, 0.25) is 0 Å². The lowest BCUT2D eigenvalue weighted by atomic mass is 10.1. The summed E-state index contributed by atoms with van der Waals surface area (Å²) in [7, 11) is -2.65. The van der Waals surface area contributed by atoms with Gasteiger partial charge in [0.05, 0.1) is 18.5 Å². The first-order valence-electron chi connectivity index (χ1n) is 11.7. The summed E-state index contributed by atoms with van der Waals surface area (Å²) in [6.45, 7) is 0. The number of rotatable bonds is 8. The van der Waals surface area contributed by atoms with E-state index in [0.717, 1.165) is 16.9 Å². The summed E-state index contributed by atoms with van der Waals surface area (Å²) in [5, 5.41) is 5.82. The van der Waals surface area contributed by atoms with Crippen LogP contribution in [0.4, 0.5) is 5.82 Å². The van der Waals surface area contributed by atoms with Crippen LogP contribution in [0.25, 0.3) is 16.9 Å². The molecule has 196 valence electrons. The third-order valence-electron chi connectivity index (χ3n) is 5.67. The molecular formula is C29H21Cl2N3O4S. The maximum absolute atomic E-state index is 12.7. The van der Waals surface area contributed by atoms with E-state index in [-0.39, 0.29) is 16.4 Å². The van der Waals surface area contributed by atoms with Crippen molar-refractivity contribution in [2.45, 2.75) is 4.90 Å². The summed E-state index contributed by atoms with van der Waals surface area (Å²) < 4.78 is 37.9. The van der Waals surface area contributed by atoms with Crippen molar-refractivity contribution in [1.29, 1.82) is 0 Å². The standard InChI is InChI=1S/C29H21Cl2N3O4S/c1-37-28-17-20(7-16-27(28)38-39(35,36)25-14-12-23(31)13-15-25)19-32-29-18-26(21-8-10-22(30)11-9-21)33-34(29)24-5-3-2-4-6-24/h2-19H,1H3. The summed E-state index contributed by atoms with van der Waals surface area (Å²) in [6.07, 6.45) is 1.64. The van der Waals surface area contributed by atoms with Crippen LogP contribution in [0.15, 0.2) is 113 Å². The van der Waals surface area contributed by atoms with Crippen LogP contribution in [0, 0.1) is 0 Å². The van der Waals surface area contributed by atoms with E-state index in [0.29, 0.717) is 21.4 Å². The Hall–Kier alpha value is -4.11. The van der Waals surface area contributed by atoms with Gasteiger partial charge in [-0.2, -0.15) is 13.5 Å². The molecule has 39 heavy (non-hydrogen) atoms. The molecule has 0 saturated carbocycles. The number of ether oxygens (including phenoxy) is 1. The third kappa shape index (κ3) is 6.15. The SMILES string of the molecule is COc1cc(C=Nc2cc(-c3ccc(Cl)cc3)nn2-c2ccccc2)ccc1OS(=O)(=O)c1ccc(Cl)cc1.